The first-order chi connectivity index (χ1) is 47.2. The SMILES string of the molecule is CC/C=C\C/C=C\C/C=C\C/C=C\C/C=C\C/C=C\CCCCCCCCC(=O)OCC(O)COP(=O)(O)OCC(O)COP(=O)(O)OCC(COC(=O)CCCCCCCC/C=C\C/C=C\C/C=C\CCCCC)OC(=O)CCCCCCCCC/C=C\C/C=C\C/C=C\CC. The minimum Gasteiger partial charge on any atom is -0.463 e. The van der Waals surface area contributed by atoms with E-state index in [2.05, 4.69) is 167 Å². The van der Waals surface area contributed by atoms with Crippen molar-refractivity contribution in [2.75, 3.05) is 39.6 Å². The predicted octanol–water partition coefficient (Wildman–Crippen LogP) is 21.3. The highest BCUT2D eigenvalue weighted by atomic mass is 31.2. The number of phosphoric acid groups is 2. The van der Waals surface area contributed by atoms with Gasteiger partial charge in [-0.3, -0.25) is 32.5 Å². The number of aliphatic hydroxyl groups excluding tert-OH is 2. The molecule has 554 valence electrons. The number of carbonyl (C=O) groups excluding carboxylic acids is 3. The van der Waals surface area contributed by atoms with Gasteiger partial charge in [0.1, 0.15) is 25.4 Å². The molecule has 97 heavy (non-hydrogen) atoms. The van der Waals surface area contributed by atoms with Crippen LogP contribution in [0.3, 0.4) is 0 Å². The Bertz CT molecular complexity index is 2350. The number of hydrogen-bond acceptors (Lipinski definition) is 14. The van der Waals surface area contributed by atoms with Crippen LogP contribution in [0.1, 0.15) is 278 Å². The Labute approximate surface area is 587 Å². The van der Waals surface area contributed by atoms with Crippen molar-refractivity contribution in [1.82, 2.24) is 0 Å². The van der Waals surface area contributed by atoms with Gasteiger partial charge in [0.25, 0.3) is 0 Å². The Morgan fingerprint density at radius 1 is 0.299 bits per heavy atom. The molecule has 0 bridgehead atoms. The fourth-order valence-corrected chi connectivity index (χ4v) is 11.0. The maximum absolute atomic E-state index is 13.0. The molecule has 0 aromatic carbocycles. The normalized spacial score (nSPS) is 14.9. The first kappa shape index (κ1) is 92.4. The second-order valence-corrected chi connectivity index (χ2v) is 27.2. The van der Waals surface area contributed by atoms with Crippen molar-refractivity contribution in [3.8, 4) is 0 Å². The van der Waals surface area contributed by atoms with Gasteiger partial charge in [-0.1, -0.05) is 263 Å². The van der Waals surface area contributed by atoms with E-state index in [1.165, 1.54) is 19.3 Å². The molecule has 0 spiro atoms. The number of esters is 3. The topological polar surface area (TPSA) is 231 Å². The largest absolute Gasteiger partial charge is 0.472 e. The molecule has 5 atom stereocenters. The molecule has 0 radical (unpaired) electrons. The van der Waals surface area contributed by atoms with Gasteiger partial charge in [-0.15, -0.1) is 0 Å². The molecule has 0 aliphatic heterocycles. The molecule has 0 saturated carbocycles. The summed E-state index contributed by atoms with van der Waals surface area (Å²) in [5, 5.41) is 20.6. The van der Waals surface area contributed by atoms with Gasteiger partial charge >= 0.3 is 33.6 Å². The Morgan fingerprint density at radius 3 is 0.866 bits per heavy atom. The molecule has 0 fully saturated rings. The smallest absolute Gasteiger partial charge is 0.463 e. The molecule has 0 amide bonds. The van der Waals surface area contributed by atoms with Crippen molar-refractivity contribution in [3.05, 3.63) is 146 Å². The highest BCUT2D eigenvalue weighted by molar-refractivity contribution is 7.47. The predicted molar refractivity (Wildman–Crippen MR) is 399 cm³/mol. The Balaban J connectivity index is 4.67. The molecule has 18 heteroatoms. The highest BCUT2D eigenvalue weighted by Gasteiger charge is 2.29. The average Bonchev–Trinajstić information content (AvgIpc) is 2.50. The summed E-state index contributed by atoms with van der Waals surface area (Å²) in [5.41, 5.74) is 0. The fraction of sp³-hybridized carbons (Fsp3) is 0.658. The summed E-state index contributed by atoms with van der Waals surface area (Å²) in [5.74, 6) is -1.62. The minimum absolute atomic E-state index is 0.0860. The number of unbranched alkanes of at least 4 members (excludes halogenated alkanes) is 22. The van der Waals surface area contributed by atoms with E-state index in [-0.39, 0.29) is 19.3 Å². The number of ether oxygens (including phenoxy) is 3. The first-order valence-corrected chi connectivity index (χ1v) is 40.1. The molecule has 0 rings (SSSR count). The lowest BCUT2D eigenvalue weighted by Gasteiger charge is -2.21. The van der Waals surface area contributed by atoms with Crippen LogP contribution in [0.5, 0.6) is 0 Å². The molecule has 5 unspecified atom stereocenters. The maximum Gasteiger partial charge on any atom is 0.472 e. The lowest BCUT2D eigenvalue weighted by atomic mass is 10.1. The maximum atomic E-state index is 13.0. The molecular weight excluding hydrogens is 1270 g/mol. The van der Waals surface area contributed by atoms with Crippen molar-refractivity contribution in [2.45, 2.75) is 296 Å². The van der Waals surface area contributed by atoms with Crippen molar-refractivity contribution in [2.24, 2.45) is 0 Å². The summed E-state index contributed by atoms with van der Waals surface area (Å²) < 4.78 is 61.0. The molecule has 0 aliphatic rings. The van der Waals surface area contributed by atoms with Crippen LogP contribution < -0.4 is 0 Å². The number of hydrogen-bond donors (Lipinski definition) is 4. The Hall–Kier alpha value is -4.57. The van der Waals surface area contributed by atoms with E-state index >= 15 is 0 Å². The van der Waals surface area contributed by atoms with E-state index in [1.807, 2.05) is 0 Å². The van der Waals surface area contributed by atoms with Gasteiger partial charge in [0, 0.05) is 19.3 Å². The number of carbonyl (C=O) groups is 3. The van der Waals surface area contributed by atoms with E-state index in [4.69, 9.17) is 32.3 Å². The van der Waals surface area contributed by atoms with Gasteiger partial charge in [0.2, 0.25) is 0 Å². The zero-order valence-corrected chi connectivity index (χ0v) is 62.0. The first-order valence-electron chi connectivity index (χ1n) is 37.1. The van der Waals surface area contributed by atoms with Crippen LogP contribution in [-0.2, 0) is 55.8 Å². The van der Waals surface area contributed by atoms with Crippen LogP contribution in [-0.4, -0.2) is 95.9 Å². The van der Waals surface area contributed by atoms with E-state index in [1.54, 1.807) is 0 Å². The minimum atomic E-state index is -4.94. The van der Waals surface area contributed by atoms with Gasteiger partial charge in [-0.25, -0.2) is 9.13 Å². The van der Waals surface area contributed by atoms with Crippen LogP contribution in [0.15, 0.2) is 146 Å². The summed E-state index contributed by atoms with van der Waals surface area (Å²) in [7, 11) is -9.80. The second-order valence-electron chi connectivity index (χ2n) is 24.3. The van der Waals surface area contributed by atoms with E-state index in [0.717, 1.165) is 199 Å². The molecule has 0 aromatic heterocycles. The second kappa shape index (κ2) is 71.3. The molecule has 4 N–H and O–H groups in total. The van der Waals surface area contributed by atoms with Crippen LogP contribution in [0.4, 0.5) is 0 Å². The zero-order chi connectivity index (χ0) is 70.9. The van der Waals surface area contributed by atoms with Crippen molar-refractivity contribution in [1.29, 1.82) is 0 Å². The molecule has 0 saturated heterocycles. The van der Waals surface area contributed by atoms with Gasteiger partial charge in [-0.05, 0) is 141 Å². The highest BCUT2D eigenvalue weighted by Crippen LogP contribution is 2.45. The van der Waals surface area contributed by atoms with Gasteiger partial charge < -0.3 is 34.2 Å². The monoisotopic (exact) mass is 1400 g/mol. The zero-order valence-electron chi connectivity index (χ0n) is 60.2. The molecule has 0 aromatic rings. The van der Waals surface area contributed by atoms with Gasteiger partial charge in [0.15, 0.2) is 6.10 Å². The molecule has 0 heterocycles. The fourth-order valence-electron chi connectivity index (χ4n) is 9.42. The molecule has 16 nitrogen and oxygen atoms in total. The number of allylic oxidation sites excluding steroid dienone is 24. The number of phosphoric ester groups is 2. The Kier molecular flexibility index (Phi) is 67.9. The summed E-state index contributed by atoms with van der Waals surface area (Å²) in [6.45, 7) is 2.37. The van der Waals surface area contributed by atoms with Crippen LogP contribution in [0.2, 0.25) is 0 Å². The van der Waals surface area contributed by atoms with Crippen LogP contribution in [0, 0.1) is 0 Å². The van der Waals surface area contributed by atoms with E-state index in [0.29, 0.717) is 19.3 Å². The summed E-state index contributed by atoms with van der Waals surface area (Å²) >= 11 is 0. The van der Waals surface area contributed by atoms with E-state index < -0.39 is 91.5 Å². The van der Waals surface area contributed by atoms with Gasteiger partial charge in [-0.2, -0.15) is 0 Å². The lowest BCUT2D eigenvalue weighted by Crippen LogP contribution is -2.30. The third-order valence-corrected chi connectivity index (χ3v) is 16.9. The Morgan fingerprint density at radius 2 is 0.546 bits per heavy atom. The van der Waals surface area contributed by atoms with Crippen molar-refractivity contribution in [3.63, 3.8) is 0 Å². The van der Waals surface area contributed by atoms with E-state index in [9.17, 15) is 43.5 Å². The quantitative estimate of drug-likeness (QED) is 0.0146. The summed E-state index contributed by atoms with van der Waals surface area (Å²) in [6, 6.07) is 0. The van der Waals surface area contributed by atoms with Crippen LogP contribution in [0.25, 0.3) is 0 Å². The van der Waals surface area contributed by atoms with Crippen LogP contribution >= 0.6 is 15.6 Å². The summed E-state index contributed by atoms with van der Waals surface area (Å²) in [4.78, 5) is 58.6. The lowest BCUT2D eigenvalue weighted by molar-refractivity contribution is -0.161. The third kappa shape index (κ3) is 72.5. The average molecular weight is 1400 g/mol. The van der Waals surface area contributed by atoms with Crippen molar-refractivity contribution < 1.29 is 75.8 Å². The number of aliphatic hydroxyl groups is 2. The standard InChI is InChI=1S/C79H132O16P2/c1-4-7-10-13-16-19-22-25-28-31-33-34-35-36-37-38-40-43-44-47-50-53-56-59-62-65-77(82)89-68-74(80)69-91-96(85,86)92-70-75(81)71-93-97(87,88)94-73-76(95-79(84)67-64-61-58-55-52-49-46-41-30-27-24-21-18-15-12-9-6-3)72-90-78(83)66-63-60-57-54-51-48-45-42-39-32-29-26-23-20-17-14-11-8-5-2/h7,9-10,12,16-21,25-30,33-34,36-37,39-40,42-43,74-76,80-81H,4-6,8,11,13-15,22-24,31-32,35,38,41,44-73H2,1-3H3,(H,85,86)(H,87,88)/b10-7-,12-9-,19-16-,20-17-,21-18-,28-25-,29-26-,30-27-,34-33-,37-36-,42-39-,43-40-. The van der Waals surface area contributed by atoms with Gasteiger partial charge in [0.05, 0.1) is 26.4 Å². The number of rotatable bonds is 69. The van der Waals surface area contributed by atoms with Crippen molar-refractivity contribution >= 4 is 33.6 Å². The molecule has 0 aliphatic carbocycles. The summed E-state index contributed by atoms with van der Waals surface area (Å²) in [6.07, 6.45) is 85.9. The third-order valence-electron chi connectivity index (χ3n) is 15.0. The molecular formula is C79H132O16P2.